The minimum atomic E-state index is -2.90. The largest absolute Gasteiger partial charge is 0.309 e. The van der Waals surface area contributed by atoms with Gasteiger partial charge in [-0.3, -0.25) is 4.79 Å². The van der Waals surface area contributed by atoms with E-state index in [0.717, 1.165) is 26.3 Å². The summed E-state index contributed by atoms with van der Waals surface area (Å²) < 4.78 is 25.2. The number of rotatable bonds is 5. The molecule has 1 aliphatic heterocycles. The van der Waals surface area contributed by atoms with Crippen molar-refractivity contribution < 1.29 is 8.42 Å². The predicted octanol–water partition coefficient (Wildman–Crippen LogP) is 2.00. The van der Waals surface area contributed by atoms with Crippen LogP contribution in [0.1, 0.15) is 28.5 Å². The molecule has 3 aromatic heterocycles. The molecular weight excluding hydrogens is 418 g/mol. The number of nitrogens with zero attached hydrogens (tertiary/aromatic N) is 4. The summed E-state index contributed by atoms with van der Waals surface area (Å²) in [5.74, 6) is 2.47. The van der Waals surface area contributed by atoms with E-state index in [1.165, 1.54) is 23.1 Å². The summed E-state index contributed by atoms with van der Waals surface area (Å²) in [5.41, 5.74) is 0.878. The zero-order valence-corrected chi connectivity index (χ0v) is 18.3. The fraction of sp³-hybridized carbons (Fsp3) is 0.529. The third-order valence-electron chi connectivity index (χ3n) is 5.15. The Kier molecular flexibility index (Phi) is 5.09. The number of H-pyrrole nitrogens is 1. The molecule has 1 N–H and O–H groups in total. The Morgan fingerprint density at radius 2 is 2.11 bits per heavy atom. The molecule has 4 heterocycles. The SMILES string of the molecule is Cc1sc2nc(CSc3nnc(C[C@H]4CCS(=O)(=O)C4)n3C)[nH]c(=O)c2c1C. The van der Waals surface area contributed by atoms with Gasteiger partial charge in [-0.1, -0.05) is 11.8 Å². The second-order valence-electron chi connectivity index (χ2n) is 7.20. The second kappa shape index (κ2) is 7.27. The Hall–Kier alpha value is -1.72. The van der Waals surface area contributed by atoms with Crippen LogP contribution in [0.5, 0.6) is 0 Å². The molecule has 0 amide bonds. The number of aromatic nitrogens is 5. The summed E-state index contributed by atoms with van der Waals surface area (Å²) in [7, 11) is -1.01. The number of thioether (sulfide) groups is 1. The van der Waals surface area contributed by atoms with E-state index in [9.17, 15) is 13.2 Å². The molecule has 0 saturated carbocycles. The van der Waals surface area contributed by atoms with Crippen LogP contribution in [0.4, 0.5) is 0 Å². The summed E-state index contributed by atoms with van der Waals surface area (Å²) in [5, 5.41) is 9.84. The van der Waals surface area contributed by atoms with Crippen molar-refractivity contribution in [2.45, 2.75) is 37.6 Å². The van der Waals surface area contributed by atoms with Gasteiger partial charge in [0.1, 0.15) is 16.5 Å². The Bertz CT molecular complexity index is 1210. The summed E-state index contributed by atoms with van der Waals surface area (Å²) in [6.45, 7) is 3.93. The van der Waals surface area contributed by atoms with Crippen LogP contribution >= 0.6 is 23.1 Å². The molecular formula is C17H21N5O3S3. The van der Waals surface area contributed by atoms with Crippen molar-refractivity contribution in [2.24, 2.45) is 13.0 Å². The molecule has 0 bridgehead atoms. The molecule has 0 aliphatic carbocycles. The van der Waals surface area contributed by atoms with Crippen LogP contribution in [0.15, 0.2) is 9.95 Å². The summed E-state index contributed by atoms with van der Waals surface area (Å²) in [6.07, 6.45) is 1.29. The Morgan fingerprint density at radius 3 is 2.82 bits per heavy atom. The average Bonchev–Trinajstić information content (AvgIpc) is 3.24. The molecule has 28 heavy (non-hydrogen) atoms. The molecule has 1 saturated heterocycles. The first-order valence-corrected chi connectivity index (χ1v) is 12.6. The number of hydrogen-bond acceptors (Lipinski definition) is 8. The van der Waals surface area contributed by atoms with Crippen molar-refractivity contribution in [1.29, 1.82) is 0 Å². The highest BCUT2D eigenvalue weighted by molar-refractivity contribution is 7.98. The smallest absolute Gasteiger partial charge is 0.259 e. The minimum absolute atomic E-state index is 0.108. The van der Waals surface area contributed by atoms with Crippen LogP contribution in [0.25, 0.3) is 10.2 Å². The first kappa shape index (κ1) is 19.6. The predicted molar refractivity (Wildman–Crippen MR) is 111 cm³/mol. The number of aromatic amines is 1. The van der Waals surface area contributed by atoms with Crippen LogP contribution in [0.2, 0.25) is 0 Å². The molecule has 8 nitrogen and oxygen atoms in total. The Balaban J connectivity index is 1.48. The number of aryl methyl sites for hydroxylation is 2. The third-order valence-corrected chi connectivity index (χ3v) is 9.12. The van der Waals surface area contributed by atoms with Crippen LogP contribution in [-0.4, -0.2) is 44.7 Å². The standard InChI is InChI=1S/C17H21N5O3S3/c1-9-10(2)27-16-14(9)15(23)18-12(19-16)7-26-17-21-20-13(22(17)3)6-11-4-5-28(24,25)8-11/h11H,4-8H2,1-3H3,(H,18,19,23)/t11-/m1/s1. The molecule has 0 unspecified atom stereocenters. The van der Waals surface area contributed by atoms with Gasteiger partial charge in [0.05, 0.1) is 22.6 Å². The van der Waals surface area contributed by atoms with Crippen LogP contribution in [0.3, 0.4) is 0 Å². The van der Waals surface area contributed by atoms with E-state index in [0.29, 0.717) is 29.8 Å². The van der Waals surface area contributed by atoms with Gasteiger partial charge in [0, 0.05) is 18.3 Å². The quantitative estimate of drug-likeness (QED) is 0.605. The van der Waals surface area contributed by atoms with E-state index < -0.39 is 9.84 Å². The van der Waals surface area contributed by atoms with Gasteiger partial charge < -0.3 is 9.55 Å². The lowest BCUT2D eigenvalue weighted by Gasteiger charge is -2.07. The highest BCUT2D eigenvalue weighted by atomic mass is 32.2. The number of hydrogen-bond donors (Lipinski definition) is 1. The van der Waals surface area contributed by atoms with Gasteiger partial charge >= 0.3 is 0 Å². The van der Waals surface area contributed by atoms with Crippen molar-refractivity contribution in [3.63, 3.8) is 0 Å². The van der Waals surface area contributed by atoms with Crippen molar-refractivity contribution >= 4 is 43.2 Å². The summed E-state index contributed by atoms with van der Waals surface area (Å²) >= 11 is 2.98. The van der Waals surface area contributed by atoms with E-state index in [2.05, 4.69) is 20.2 Å². The van der Waals surface area contributed by atoms with Crippen molar-refractivity contribution in [3.8, 4) is 0 Å². The van der Waals surface area contributed by atoms with Crippen LogP contribution in [-0.2, 0) is 29.1 Å². The molecule has 0 aromatic carbocycles. The Labute approximate surface area is 170 Å². The van der Waals surface area contributed by atoms with Gasteiger partial charge in [-0.2, -0.15) is 0 Å². The maximum Gasteiger partial charge on any atom is 0.259 e. The molecule has 0 radical (unpaired) electrons. The lowest BCUT2D eigenvalue weighted by Crippen LogP contribution is -2.11. The second-order valence-corrected chi connectivity index (χ2v) is 11.6. The molecule has 1 atom stereocenters. The molecule has 3 aromatic rings. The normalized spacial score (nSPS) is 18.9. The first-order valence-electron chi connectivity index (χ1n) is 8.94. The summed E-state index contributed by atoms with van der Waals surface area (Å²) in [6, 6.07) is 0. The zero-order valence-electron chi connectivity index (χ0n) is 15.9. The lowest BCUT2D eigenvalue weighted by molar-refractivity contribution is 0.552. The summed E-state index contributed by atoms with van der Waals surface area (Å²) in [4.78, 5) is 21.7. The van der Waals surface area contributed by atoms with Crippen molar-refractivity contribution in [3.05, 3.63) is 32.4 Å². The molecule has 1 fully saturated rings. The fourth-order valence-electron chi connectivity index (χ4n) is 3.44. The zero-order chi connectivity index (χ0) is 20.1. The molecule has 1 aliphatic rings. The fourth-order valence-corrected chi connectivity index (χ4v) is 7.15. The van der Waals surface area contributed by atoms with Crippen LogP contribution < -0.4 is 5.56 Å². The number of fused-ring (bicyclic) bond motifs is 1. The first-order chi connectivity index (χ1) is 13.2. The number of nitrogens with one attached hydrogen (secondary N) is 1. The Morgan fingerprint density at radius 1 is 1.32 bits per heavy atom. The molecule has 0 spiro atoms. The van der Waals surface area contributed by atoms with Gasteiger partial charge in [-0.15, -0.1) is 21.5 Å². The molecule has 150 valence electrons. The van der Waals surface area contributed by atoms with Gasteiger partial charge in [0.2, 0.25) is 0 Å². The lowest BCUT2D eigenvalue weighted by atomic mass is 10.1. The average molecular weight is 440 g/mol. The van der Waals surface area contributed by atoms with Gasteiger partial charge in [-0.25, -0.2) is 13.4 Å². The number of sulfone groups is 1. The topological polar surface area (TPSA) is 111 Å². The van der Waals surface area contributed by atoms with Crippen molar-refractivity contribution in [1.82, 2.24) is 24.7 Å². The van der Waals surface area contributed by atoms with E-state index in [1.54, 1.807) is 0 Å². The van der Waals surface area contributed by atoms with E-state index >= 15 is 0 Å². The minimum Gasteiger partial charge on any atom is -0.309 e. The monoisotopic (exact) mass is 439 g/mol. The maximum atomic E-state index is 12.4. The number of thiophene rings is 1. The third kappa shape index (κ3) is 3.74. The van der Waals surface area contributed by atoms with E-state index in [1.807, 2.05) is 25.5 Å². The van der Waals surface area contributed by atoms with Crippen molar-refractivity contribution in [2.75, 3.05) is 11.5 Å². The van der Waals surface area contributed by atoms with E-state index in [-0.39, 0.29) is 23.0 Å². The maximum absolute atomic E-state index is 12.4. The van der Waals surface area contributed by atoms with Gasteiger partial charge in [0.15, 0.2) is 15.0 Å². The molecule has 4 rings (SSSR count). The highest BCUT2D eigenvalue weighted by Crippen LogP contribution is 2.27. The van der Waals surface area contributed by atoms with Gasteiger partial charge in [-0.05, 0) is 31.7 Å². The van der Waals surface area contributed by atoms with E-state index in [4.69, 9.17) is 0 Å². The van der Waals surface area contributed by atoms with Crippen LogP contribution in [0, 0.1) is 19.8 Å². The molecule has 11 heteroatoms. The highest BCUT2D eigenvalue weighted by Gasteiger charge is 2.29. The van der Waals surface area contributed by atoms with Gasteiger partial charge in [0.25, 0.3) is 5.56 Å².